The van der Waals surface area contributed by atoms with Crippen molar-refractivity contribution in [3.8, 4) is 0 Å². The summed E-state index contributed by atoms with van der Waals surface area (Å²) in [6.45, 7) is 8.81. The van der Waals surface area contributed by atoms with Crippen molar-refractivity contribution in [3.05, 3.63) is 35.8 Å². The first-order valence-corrected chi connectivity index (χ1v) is 7.07. The quantitative estimate of drug-likeness (QED) is 0.798. The molecule has 0 N–H and O–H groups in total. The maximum atomic E-state index is 13.4. The van der Waals surface area contributed by atoms with Gasteiger partial charge in [-0.2, -0.15) is 0 Å². The van der Waals surface area contributed by atoms with Gasteiger partial charge in [0, 0.05) is 42.3 Å². The van der Waals surface area contributed by atoms with Crippen molar-refractivity contribution in [2.75, 3.05) is 13.1 Å². The lowest BCUT2D eigenvalue weighted by Gasteiger charge is -2.21. The molecule has 0 saturated carbocycles. The molecule has 0 spiro atoms. The maximum Gasteiger partial charge on any atom is 0.123 e. The minimum atomic E-state index is -0.149. The first kappa shape index (κ1) is 12.7. The Labute approximate surface area is 113 Å². The number of aromatic nitrogens is 1. The number of hydrogen-bond donors (Lipinski definition) is 0. The Morgan fingerprint density at radius 1 is 1.32 bits per heavy atom. The number of aryl methyl sites for hydroxylation is 1. The third-order valence-electron chi connectivity index (χ3n) is 4.31. The molecule has 1 fully saturated rings. The SMILES string of the molecule is Cc1cn(C2CCN(C(C)C)C2)c2ccc(F)cc12. The molecule has 102 valence electrons. The van der Waals surface area contributed by atoms with Crippen LogP contribution in [0.25, 0.3) is 10.9 Å². The van der Waals surface area contributed by atoms with Gasteiger partial charge in [-0.25, -0.2) is 4.39 Å². The van der Waals surface area contributed by atoms with E-state index >= 15 is 0 Å². The summed E-state index contributed by atoms with van der Waals surface area (Å²) < 4.78 is 15.7. The van der Waals surface area contributed by atoms with E-state index in [9.17, 15) is 4.39 Å². The van der Waals surface area contributed by atoms with E-state index in [-0.39, 0.29) is 5.82 Å². The Kier molecular flexibility index (Phi) is 3.09. The van der Waals surface area contributed by atoms with Crippen LogP contribution in [0.5, 0.6) is 0 Å². The molecule has 0 amide bonds. The second-order valence-electron chi connectivity index (χ2n) is 5.91. The molecule has 2 nitrogen and oxygen atoms in total. The zero-order valence-electron chi connectivity index (χ0n) is 11.9. The largest absolute Gasteiger partial charge is 0.343 e. The summed E-state index contributed by atoms with van der Waals surface area (Å²) in [6.07, 6.45) is 3.36. The van der Waals surface area contributed by atoms with E-state index in [2.05, 4.69) is 36.4 Å². The van der Waals surface area contributed by atoms with Gasteiger partial charge in [0.2, 0.25) is 0 Å². The third-order valence-corrected chi connectivity index (χ3v) is 4.31. The van der Waals surface area contributed by atoms with Gasteiger partial charge in [-0.05, 0) is 51.0 Å². The van der Waals surface area contributed by atoms with E-state index in [1.165, 1.54) is 6.42 Å². The van der Waals surface area contributed by atoms with Crippen molar-refractivity contribution in [2.45, 2.75) is 39.3 Å². The maximum absolute atomic E-state index is 13.4. The molecule has 1 unspecified atom stereocenters. The minimum absolute atomic E-state index is 0.149. The molecule has 1 aromatic carbocycles. The molecule has 1 saturated heterocycles. The zero-order valence-corrected chi connectivity index (χ0v) is 11.9. The number of rotatable bonds is 2. The number of benzene rings is 1. The Hall–Kier alpha value is -1.35. The van der Waals surface area contributed by atoms with Gasteiger partial charge in [0.25, 0.3) is 0 Å². The first-order valence-electron chi connectivity index (χ1n) is 7.07. The first-order chi connectivity index (χ1) is 9.06. The summed E-state index contributed by atoms with van der Waals surface area (Å²) in [5.41, 5.74) is 2.33. The molecular formula is C16H21FN2. The van der Waals surface area contributed by atoms with Gasteiger partial charge in [-0.15, -0.1) is 0 Å². The van der Waals surface area contributed by atoms with Crippen LogP contribution < -0.4 is 0 Å². The zero-order chi connectivity index (χ0) is 13.6. The predicted octanol–water partition coefficient (Wildman–Crippen LogP) is 3.74. The molecule has 2 aromatic rings. The molecule has 0 radical (unpaired) electrons. The Morgan fingerprint density at radius 2 is 2.11 bits per heavy atom. The number of nitrogens with zero attached hydrogens (tertiary/aromatic N) is 2. The second-order valence-corrected chi connectivity index (χ2v) is 5.91. The number of likely N-dealkylation sites (tertiary alicyclic amines) is 1. The summed E-state index contributed by atoms with van der Waals surface area (Å²) >= 11 is 0. The van der Waals surface area contributed by atoms with E-state index in [4.69, 9.17) is 0 Å². The van der Waals surface area contributed by atoms with Crippen LogP contribution in [0.3, 0.4) is 0 Å². The third kappa shape index (κ3) is 2.16. The Balaban J connectivity index is 1.98. The second kappa shape index (κ2) is 4.64. The van der Waals surface area contributed by atoms with E-state index in [0.29, 0.717) is 12.1 Å². The van der Waals surface area contributed by atoms with Crippen molar-refractivity contribution in [1.29, 1.82) is 0 Å². The van der Waals surface area contributed by atoms with Crippen LogP contribution in [-0.2, 0) is 0 Å². The molecule has 0 aliphatic carbocycles. The molecule has 1 atom stereocenters. The lowest BCUT2D eigenvalue weighted by atomic mass is 10.2. The van der Waals surface area contributed by atoms with Gasteiger partial charge in [-0.3, -0.25) is 4.90 Å². The van der Waals surface area contributed by atoms with Gasteiger partial charge in [0.1, 0.15) is 5.82 Å². The molecule has 0 bridgehead atoms. The fourth-order valence-electron chi connectivity index (χ4n) is 3.16. The normalized spacial score (nSPS) is 20.8. The van der Waals surface area contributed by atoms with Crippen molar-refractivity contribution in [2.24, 2.45) is 0 Å². The fraction of sp³-hybridized carbons (Fsp3) is 0.500. The molecule has 3 heteroatoms. The van der Waals surface area contributed by atoms with Crippen LogP contribution in [0.2, 0.25) is 0 Å². The lowest BCUT2D eigenvalue weighted by Crippen LogP contribution is -2.28. The standard InChI is InChI=1S/C16H21FN2/c1-11(2)18-7-6-14(10-18)19-9-12(3)15-8-13(17)4-5-16(15)19/h4-5,8-9,11,14H,6-7,10H2,1-3H3. The fourth-order valence-corrected chi connectivity index (χ4v) is 3.16. The predicted molar refractivity (Wildman–Crippen MR) is 77.0 cm³/mol. The van der Waals surface area contributed by atoms with Crippen molar-refractivity contribution in [3.63, 3.8) is 0 Å². The lowest BCUT2D eigenvalue weighted by molar-refractivity contribution is 0.266. The Morgan fingerprint density at radius 3 is 2.79 bits per heavy atom. The number of halogens is 1. The van der Waals surface area contributed by atoms with E-state index in [1.54, 1.807) is 12.1 Å². The van der Waals surface area contributed by atoms with Crippen LogP contribution in [0.1, 0.15) is 31.9 Å². The topological polar surface area (TPSA) is 8.17 Å². The molecule has 3 rings (SSSR count). The number of fused-ring (bicyclic) bond motifs is 1. The van der Waals surface area contributed by atoms with Crippen LogP contribution in [0.15, 0.2) is 24.4 Å². The van der Waals surface area contributed by atoms with E-state index in [0.717, 1.165) is 29.6 Å². The van der Waals surface area contributed by atoms with E-state index < -0.39 is 0 Å². The summed E-state index contributed by atoms with van der Waals surface area (Å²) in [6, 6.07) is 6.24. The van der Waals surface area contributed by atoms with Crippen molar-refractivity contribution in [1.82, 2.24) is 9.47 Å². The molecule has 19 heavy (non-hydrogen) atoms. The van der Waals surface area contributed by atoms with Crippen molar-refractivity contribution >= 4 is 10.9 Å². The van der Waals surface area contributed by atoms with Crippen LogP contribution in [0, 0.1) is 12.7 Å². The minimum Gasteiger partial charge on any atom is -0.343 e. The van der Waals surface area contributed by atoms with Crippen LogP contribution in [-0.4, -0.2) is 28.6 Å². The highest BCUT2D eigenvalue weighted by molar-refractivity contribution is 5.84. The molecule has 1 aliphatic rings. The van der Waals surface area contributed by atoms with Gasteiger partial charge in [0.05, 0.1) is 0 Å². The van der Waals surface area contributed by atoms with Gasteiger partial charge >= 0.3 is 0 Å². The highest BCUT2D eigenvalue weighted by atomic mass is 19.1. The molecule has 1 aromatic heterocycles. The molecule has 1 aliphatic heterocycles. The van der Waals surface area contributed by atoms with Gasteiger partial charge in [0.15, 0.2) is 0 Å². The monoisotopic (exact) mass is 260 g/mol. The van der Waals surface area contributed by atoms with Crippen LogP contribution >= 0.6 is 0 Å². The molecular weight excluding hydrogens is 239 g/mol. The highest BCUT2D eigenvalue weighted by Crippen LogP contribution is 2.30. The summed E-state index contributed by atoms with van der Waals surface area (Å²) in [7, 11) is 0. The Bertz CT molecular complexity index is 600. The smallest absolute Gasteiger partial charge is 0.123 e. The summed E-state index contributed by atoms with van der Waals surface area (Å²) in [4.78, 5) is 2.51. The average Bonchev–Trinajstić information content (AvgIpc) is 2.95. The van der Waals surface area contributed by atoms with Gasteiger partial charge in [-0.1, -0.05) is 0 Å². The summed E-state index contributed by atoms with van der Waals surface area (Å²) in [5, 5.41) is 1.04. The van der Waals surface area contributed by atoms with Gasteiger partial charge < -0.3 is 4.57 Å². The highest BCUT2D eigenvalue weighted by Gasteiger charge is 2.26. The van der Waals surface area contributed by atoms with Crippen LogP contribution in [0.4, 0.5) is 4.39 Å². The average molecular weight is 260 g/mol. The summed E-state index contributed by atoms with van der Waals surface area (Å²) in [5.74, 6) is -0.149. The number of hydrogen-bond acceptors (Lipinski definition) is 1. The molecule has 2 heterocycles. The van der Waals surface area contributed by atoms with Crippen molar-refractivity contribution < 1.29 is 4.39 Å². The van der Waals surface area contributed by atoms with E-state index in [1.807, 2.05) is 6.07 Å².